The van der Waals surface area contributed by atoms with Crippen molar-refractivity contribution >= 4 is 17.4 Å². The third-order valence-corrected chi connectivity index (χ3v) is 2.84. The molecule has 0 unspecified atom stereocenters. The smallest absolute Gasteiger partial charge is 0.336 e. The van der Waals surface area contributed by atoms with Gasteiger partial charge in [-0.3, -0.25) is 14.9 Å². The molecule has 0 fully saturated rings. The third-order valence-electron chi connectivity index (χ3n) is 2.84. The van der Waals surface area contributed by atoms with E-state index < -0.39 is 28.1 Å². The van der Waals surface area contributed by atoms with Gasteiger partial charge in [-0.1, -0.05) is 18.2 Å². The summed E-state index contributed by atoms with van der Waals surface area (Å²) in [5.41, 5.74) is -0.968. The van der Waals surface area contributed by atoms with Crippen LogP contribution in [0, 0.1) is 10.1 Å². The van der Waals surface area contributed by atoms with Gasteiger partial charge in [0, 0.05) is 17.2 Å². The number of benzene rings is 2. The van der Waals surface area contributed by atoms with E-state index in [1.807, 2.05) is 0 Å². The van der Waals surface area contributed by atoms with Crippen LogP contribution in [0.2, 0.25) is 0 Å². The van der Waals surface area contributed by atoms with Crippen molar-refractivity contribution in [3.05, 3.63) is 69.3 Å². The van der Waals surface area contributed by atoms with Gasteiger partial charge in [0.05, 0.1) is 10.5 Å². The van der Waals surface area contributed by atoms with Crippen LogP contribution < -0.4 is 0 Å². The summed E-state index contributed by atoms with van der Waals surface area (Å²) < 4.78 is 0. The van der Waals surface area contributed by atoms with E-state index in [1.54, 1.807) is 0 Å². The van der Waals surface area contributed by atoms with Gasteiger partial charge in [0.25, 0.3) is 0 Å². The van der Waals surface area contributed by atoms with Gasteiger partial charge in [-0.05, 0) is 18.2 Å². The fourth-order valence-corrected chi connectivity index (χ4v) is 1.83. The maximum absolute atomic E-state index is 12.3. The number of ketones is 1. The van der Waals surface area contributed by atoms with E-state index in [9.17, 15) is 24.8 Å². The Balaban J connectivity index is 2.53. The SMILES string of the molecule is O=C(O)c1ccccc1C(=O)c1ccc(O)c([N+](=O)[O-])c1. The summed E-state index contributed by atoms with van der Waals surface area (Å²) in [5, 5.41) is 29.1. The Morgan fingerprint density at radius 3 is 2.24 bits per heavy atom. The number of rotatable bonds is 4. The second-order valence-electron chi connectivity index (χ2n) is 4.14. The molecule has 2 rings (SSSR count). The predicted molar refractivity (Wildman–Crippen MR) is 71.6 cm³/mol. The molecule has 0 saturated carbocycles. The largest absolute Gasteiger partial charge is 0.502 e. The summed E-state index contributed by atoms with van der Waals surface area (Å²) in [4.78, 5) is 33.3. The molecule has 7 heteroatoms. The normalized spacial score (nSPS) is 10.1. The Kier molecular flexibility index (Phi) is 3.66. The van der Waals surface area contributed by atoms with E-state index in [4.69, 9.17) is 5.11 Å². The topological polar surface area (TPSA) is 118 Å². The summed E-state index contributed by atoms with van der Waals surface area (Å²) in [5.74, 6) is -2.51. The number of carbonyl (C=O) groups excluding carboxylic acids is 1. The summed E-state index contributed by atoms with van der Waals surface area (Å²) in [7, 11) is 0. The Labute approximate surface area is 118 Å². The first-order chi connectivity index (χ1) is 9.91. The lowest BCUT2D eigenvalue weighted by Gasteiger charge is -2.05. The maximum atomic E-state index is 12.3. The van der Waals surface area contributed by atoms with Crippen LogP contribution >= 0.6 is 0 Å². The van der Waals surface area contributed by atoms with Gasteiger partial charge in [0.2, 0.25) is 0 Å². The molecule has 7 nitrogen and oxygen atoms in total. The number of carbonyl (C=O) groups is 2. The number of hydrogen-bond donors (Lipinski definition) is 2. The molecule has 2 aromatic rings. The number of phenols is 1. The highest BCUT2D eigenvalue weighted by Gasteiger charge is 2.21. The second-order valence-corrected chi connectivity index (χ2v) is 4.14. The first kappa shape index (κ1) is 14.2. The van der Waals surface area contributed by atoms with Crippen molar-refractivity contribution in [2.75, 3.05) is 0 Å². The zero-order chi connectivity index (χ0) is 15.6. The monoisotopic (exact) mass is 287 g/mol. The van der Waals surface area contributed by atoms with Gasteiger partial charge in [0.1, 0.15) is 0 Å². The van der Waals surface area contributed by atoms with Gasteiger partial charge < -0.3 is 10.2 Å². The van der Waals surface area contributed by atoms with E-state index in [1.165, 1.54) is 30.3 Å². The summed E-state index contributed by atoms with van der Waals surface area (Å²) >= 11 is 0. The number of nitro groups is 1. The van der Waals surface area contributed by atoms with Gasteiger partial charge >= 0.3 is 11.7 Å². The standard InChI is InChI=1S/C14H9NO6/c16-12-6-5-8(7-11(12)15(20)21)13(17)9-3-1-2-4-10(9)14(18)19/h1-7,16H,(H,18,19). The Morgan fingerprint density at radius 2 is 1.67 bits per heavy atom. The molecule has 0 aliphatic carbocycles. The van der Waals surface area contributed by atoms with E-state index in [0.717, 1.165) is 12.1 Å². The van der Waals surface area contributed by atoms with Gasteiger partial charge in [-0.25, -0.2) is 4.79 Å². The molecule has 0 aliphatic heterocycles. The lowest BCUT2D eigenvalue weighted by molar-refractivity contribution is -0.385. The van der Waals surface area contributed by atoms with Gasteiger partial charge in [-0.15, -0.1) is 0 Å². The maximum Gasteiger partial charge on any atom is 0.336 e. The lowest BCUT2D eigenvalue weighted by atomic mass is 9.98. The van der Waals surface area contributed by atoms with Crippen LogP contribution in [-0.4, -0.2) is 26.9 Å². The number of hydrogen-bond acceptors (Lipinski definition) is 5. The molecular weight excluding hydrogens is 278 g/mol. The quantitative estimate of drug-likeness (QED) is 0.505. The zero-order valence-electron chi connectivity index (χ0n) is 10.5. The summed E-state index contributed by atoms with van der Waals surface area (Å²) in [6.45, 7) is 0. The van der Waals surface area contributed by atoms with Crippen molar-refractivity contribution in [1.82, 2.24) is 0 Å². The second kappa shape index (κ2) is 5.41. The number of nitrogens with zero attached hydrogens (tertiary/aromatic N) is 1. The van der Waals surface area contributed by atoms with Crippen molar-refractivity contribution in [2.45, 2.75) is 0 Å². The molecule has 0 amide bonds. The number of carboxylic acid groups (broad SMARTS) is 1. The number of carboxylic acids is 1. The van der Waals surface area contributed by atoms with Gasteiger partial charge in [0.15, 0.2) is 11.5 Å². The van der Waals surface area contributed by atoms with E-state index in [-0.39, 0.29) is 16.7 Å². The predicted octanol–water partition coefficient (Wildman–Crippen LogP) is 2.23. The summed E-state index contributed by atoms with van der Waals surface area (Å²) in [6.07, 6.45) is 0. The van der Waals surface area contributed by atoms with Crippen LogP contribution in [0.25, 0.3) is 0 Å². The molecule has 106 valence electrons. The molecule has 2 aromatic carbocycles. The fraction of sp³-hybridized carbons (Fsp3) is 0. The van der Waals surface area contributed by atoms with Crippen molar-refractivity contribution < 1.29 is 24.7 Å². The summed E-state index contributed by atoms with van der Waals surface area (Å²) in [6, 6.07) is 8.69. The first-order valence-electron chi connectivity index (χ1n) is 5.76. The molecule has 0 spiro atoms. The number of aromatic carboxylic acids is 1. The number of aromatic hydroxyl groups is 1. The first-order valence-corrected chi connectivity index (χ1v) is 5.76. The molecule has 0 heterocycles. The highest BCUT2D eigenvalue weighted by atomic mass is 16.6. The van der Waals surface area contributed by atoms with Crippen LogP contribution in [0.4, 0.5) is 5.69 Å². The van der Waals surface area contributed by atoms with Crippen LogP contribution in [-0.2, 0) is 0 Å². The molecule has 0 aliphatic rings. The average Bonchev–Trinajstić information content (AvgIpc) is 2.46. The molecule has 0 radical (unpaired) electrons. The molecule has 0 atom stereocenters. The van der Waals surface area contributed by atoms with Crippen molar-refractivity contribution in [2.24, 2.45) is 0 Å². The highest BCUT2D eigenvalue weighted by molar-refractivity contribution is 6.14. The van der Waals surface area contributed by atoms with E-state index in [2.05, 4.69) is 0 Å². The number of nitro benzene ring substituents is 1. The zero-order valence-corrected chi connectivity index (χ0v) is 10.5. The van der Waals surface area contributed by atoms with Crippen molar-refractivity contribution in [3.8, 4) is 5.75 Å². The average molecular weight is 287 g/mol. The molecule has 2 N–H and O–H groups in total. The van der Waals surface area contributed by atoms with E-state index in [0.29, 0.717) is 0 Å². The van der Waals surface area contributed by atoms with Crippen LogP contribution in [0.5, 0.6) is 5.75 Å². The van der Waals surface area contributed by atoms with E-state index >= 15 is 0 Å². The van der Waals surface area contributed by atoms with Gasteiger partial charge in [-0.2, -0.15) is 0 Å². The lowest BCUT2D eigenvalue weighted by Crippen LogP contribution is -2.09. The third kappa shape index (κ3) is 2.71. The minimum Gasteiger partial charge on any atom is -0.502 e. The molecule has 0 bridgehead atoms. The van der Waals surface area contributed by atoms with Crippen molar-refractivity contribution in [1.29, 1.82) is 0 Å². The fourth-order valence-electron chi connectivity index (χ4n) is 1.83. The molecular formula is C14H9NO6. The molecule has 0 saturated heterocycles. The minimum atomic E-state index is -1.27. The molecule has 0 aromatic heterocycles. The Bertz CT molecular complexity index is 753. The Morgan fingerprint density at radius 1 is 1.05 bits per heavy atom. The highest BCUT2D eigenvalue weighted by Crippen LogP contribution is 2.27. The molecule has 21 heavy (non-hydrogen) atoms. The number of phenolic OH excluding ortho intramolecular Hbond substituents is 1. The Hall–Kier alpha value is -3.22. The van der Waals surface area contributed by atoms with Crippen LogP contribution in [0.3, 0.4) is 0 Å². The van der Waals surface area contributed by atoms with Crippen LogP contribution in [0.15, 0.2) is 42.5 Å². The minimum absolute atomic E-state index is 0.0757. The van der Waals surface area contributed by atoms with Crippen LogP contribution in [0.1, 0.15) is 26.3 Å². The van der Waals surface area contributed by atoms with Crippen molar-refractivity contribution in [3.63, 3.8) is 0 Å².